The summed E-state index contributed by atoms with van der Waals surface area (Å²) >= 11 is 4.98. The van der Waals surface area contributed by atoms with Gasteiger partial charge in [-0.05, 0) is 24.4 Å². The van der Waals surface area contributed by atoms with Gasteiger partial charge in [0, 0.05) is 14.1 Å². The zero-order valence-electron chi connectivity index (χ0n) is 6.64. The predicted molar refractivity (Wildman–Crippen MR) is 44.2 cm³/mol. The quantitative estimate of drug-likeness (QED) is 0.500. The van der Waals surface area contributed by atoms with Gasteiger partial charge in [0.15, 0.2) is 5.82 Å². The largest absolute Gasteiger partial charge is 0.352 e. The Kier molecular flexibility index (Phi) is 2.13. The molecule has 0 N–H and O–H groups in total. The smallest absolute Gasteiger partial charge is 0.217 e. The number of hydrogen-bond donors (Lipinski definition) is 0. The van der Waals surface area contributed by atoms with Crippen molar-refractivity contribution in [1.82, 2.24) is 25.1 Å². The standard InChI is InChI=1S/C5H9N5S/c1-4-6-8-10(7-4)5(11)9(2)3/h1-3H3. The summed E-state index contributed by atoms with van der Waals surface area (Å²) in [6.07, 6.45) is 0. The van der Waals surface area contributed by atoms with Crippen LogP contribution in [0.1, 0.15) is 5.82 Å². The number of hydrogen-bond acceptors (Lipinski definition) is 4. The maximum Gasteiger partial charge on any atom is 0.217 e. The highest BCUT2D eigenvalue weighted by Gasteiger charge is 2.04. The molecule has 1 aromatic rings. The van der Waals surface area contributed by atoms with Crippen LogP contribution in [0.3, 0.4) is 0 Å². The van der Waals surface area contributed by atoms with Gasteiger partial charge in [-0.2, -0.15) is 0 Å². The average Bonchev–Trinajstić information content (AvgIpc) is 2.34. The highest BCUT2D eigenvalue weighted by atomic mass is 32.1. The molecule has 0 atom stereocenters. The molecule has 5 nitrogen and oxygen atoms in total. The molecule has 11 heavy (non-hydrogen) atoms. The average molecular weight is 171 g/mol. The predicted octanol–water partition coefficient (Wildman–Crippen LogP) is -0.324. The second kappa shape index (κ2) is 2.91. The van der Waals surface area contributed by atoms with Crippen molar-refractivity contribution < 1.29 is 0 Å². The Morgan fingerprint density at radius 2 is 2.18 bits per heavy atom. The summed E-state index contributed by atoms with van der Waals surface area (Å²) in [5, 5.41) is 11.9. The summed E-state index contributed by atoms with van der Waals surface area (Å²) in [6, 6.07) is 0. The number of thiocarbonyl (C=S) groups is 1. The Bertz CT molecular complexity index is 266. The summed E-state index contributed by atoms with van der Waals surface area (Å²) in [6.45, 7) is 1.77. The van der Waals surface area contributed by atoms with Crippen LogP contribution < -0.4 is 0 Å². The molecule has 1 rings (SSSR count). The Morgan fingerprint density at radius 1 is 1.55 bits per heavy atom. The van der Waals surface area contributed by atoms with Crippen molar-refractivity contribution in [2.24, 2.45) is 0 Å². The number of nitrogens with zero attached hydrogens (tertiary/aromatic N) is 5. The van der Waals surface area contributed by atoms with E-state index in [2.05, 4.69) is 15.4 Å². The molecular weight excluding hydrogens is 162 g/mol. The van der Waals surface area contributed by atoms with Crippen molar-refractivity contribution in [1.29, 1.82) is 0 Å². The van der Waals surface area contributed by atoms with Gasteiger partial charge < -0.3 is 4.90 Å². The van der Waals surface area contributed by atoms with Gasteiger partial charge in [-0.25, -0.2) is 0 Å². The van der Waals surface area contributed by atoms with Crippen LogP contribution in [-0.2, 0) is 0 Å². The lowest BCUT2D eigenvalue weighted by atomic mass is 10.8. The molecule has 0 spiro atoms. The molecule has 6 heteroatoms. The topological polar surface area (TPSA) is 46.8 Å². The molecule has 0 bridgehead atoms. The third-order valence-electron chi connectivity index (χ3n) is 1.07. The first kappa shape index (κ1) is 8.06. The van der Waals surface area contributed by atoms with E-state index in [1.807, 2.05) is 14.1 Å². The van der Waals surface area contributed by atoms with E-state index in [1.165, 1.54) is 4.80 Å². The summed E-state index contributed by atoms with van der Waals surface area (Å²) in [7, 11) is 3.67. The summed E-state index contributed by atoms with van der Waals surface area (Å²) < 4.78 is 0. The Morgan fingerprint density at radius 3 is 2.55 bits per heavy atom. The third kappa shape index (κ3) is 1.70. The minimum Gasteiger partial charge on any atom is -0.352 e. The monoisotopic (exact) mass is 171 g/mol. The lowest BCUT2D eigenvalue weighted by Crippen LogP contribution is -2.28. The first-order valence-electron chi connectivity index (χ1n) is 3.09. The fourth-order valence-electron chi connectivity index (χ4n) is 0.544. The van der Waals surface area contributed by atoms with Gasteiger partial charge in [0.05, 0.1) is 0 Å². The van der Waals surface area contributed by atoms with E-state index in [0.717, 1.165) is 0 Å². The van der Waals surface area contributed by atoms with E-state index < -0.39 is 0 Å². The molecule has 60 valence electrons. The van der Waals surface area contributed by atoms with Crippen LogP contribution in [0.25, 0.3) is 0 Å². The molecule has 0 saturated heterocycles. The third-order valence-corrected chi connectivity index (χ3v) is 1.60. The van der Waals surface area contributed by atoms with Crippen LogP contribution in [0.4, 0.5) is 0 Å². The molecule has 1 aromatic heterocycles. The van der Waals surface area contributed by atoms with Crippen molar-refractivity contribution in [2.45, 2.75) is 6.92 Å². The van der Waals surface area contributed by atoms with E-state index in [1.54, 1.807) is 11.8 Å². The Hall–Kier alpha value is -1.04. The fourth-order valence-corrected chi connectivity index (χ4v) is 0.621. The van der Waals surface area contributed by atoms with Gasteiger partial charge in [0.2, 0.25) is 5.11 Å². The molecule has 0 fully saturated rings. The molecule has 0 unspecified atom stereocenters. The van der Waals surface area contributed by atoms with E-state index in [9.17, 15) is 0 Å². The van der Waals surface area contributed by atoms with Crippen molar-refractivity contribution in [2.75, 3.05) is 14.1 Å². The zero-order valence-corrected chi connectivity index (χ0v) is 7.46. The highest BCUT2D eigenvalue weighted by molar-refractivity contribution is 7.80. The summed E-state index contributed by atoms with van der Waals surface area (Å²) in [5.41, 5.74) is 0. The molecule has 0 aliphatic carbocycles. The SMILES string of the molecule is Cc1nnn(C(=S)N(C)C)n1. The van der Waals surface area contributed by atoms with Gasteiger partial charge >= 0.3 is 0 Å². The number of aryl methyl sites for hydroxylation is 1. The zero-order chi connectivity index (χ0) is 8.43. The Labute approximate surface area is 70.0 Å². The van der Waals surface area contributed by atoms with Crippen molar-refractivity contribution >= 4 is 17.3 Å². The lowest BCUT2D eigenvalue weighted by molar-refractivity contribution is 0.573. The number of tetrazole rings is 1. The summed E-state index contributed by atoms with van der Waals surface area (Å²) in [5.74, 6) is 0.620. The van der Waals surface area contributed by atoms with E-state index >= 15 is 0 Å². The molecule has 0 saturated carbocycles. The molecular formula is C5H9N5S. The van der Waals surface area contributed by atoms with Crippen LogP contribution in [0.2, 0.25) is 0 Å². The minimum atomic E-state index is 0.533. The maximum absolute atomic E-state index is 4.98. The van der Waals surface area contributed by atoms with Gasteiger partial charge in [-0.1, -0.05) is 0 Å². The molecule has 0 amide bonds. The second-order valence-corrected chi connectivity index (χ2v) is 2.67. The van der Waals surface area contributed by atoms with Crippen LogP contribution in [0.5, 0.6) is 0 Å². The fraction of sp³-hybridized carbons (Fsp3) is 0.600. The van der Waals surface area contributed by atoms with Gasteiger partial charge in [0.1, 0.15) is 0 Å². The molecule has 1 heterocycles. The Balaban J connectivity index is 2.85. The number of rotatable bonds is 0. The highest BCUT2D eigenvalue weighted by Crippen LogP contribution is 1.86. The van der Waals surface area contributed by atoms with Crippen molar-refractivity contribution in [3.63, 3.8) is 0 Å². The van der Waals surface area contributed by atoms with Crippen LogP contribution in [-0.4, -0.2) is 44.3 Å². The molecule has 0 aromatic carbocycles. The molecule has 0 aliphatic heterocycles. The number of aromatic nitrogens is 4. The first-order chi connectivity index (χ1) is 5.11. The first-order valence-corrected chi connectivity index (χ1v) is 3.50. The van der Waals surface area contributed by atoms with E-state index in [0.29, 0.717) is 10.9 Å². The van der Waals surface area contributed by atoms with Crippen LogP contribution in [0, 0.1) is 6.92 Å². The van der Waals surface area contributed by atoms with E-state index in [4.69, 9.17) is 12.2 Å². The summed E-state index contributed by atoms with van der Waals surface area (Å²) in [4.78, 5) is 3.07. The lowest BCUT2D eigenvalue weighted by Gasteiger charge is -2.09. The van der Waals surface area contributed by atoms with Gasteiger partial charge in [-0.15, -0.1) is 15.0 Å². The molecule has 0 radical (unpaired) electrons. The van der Waals surface area contributed by atoms with Crippen LogP contribution in [0.15, 0.2) is 0 Å². The minimum absolute atomic E-state index is 0.533. The maximum atomic E-state index is 4.98. The van der Waals surface area contributed by atoms with Crippen molar-refractivity contribution in [3.8, 4) is 0 Å². The van der Waals surface area contributed by atoms with Crippen LogP contribution >= 0.6 is 12.2 Å². The normalized spacial score (nSPS) is 9.73. The second-order valence-electron chi connectivity index (χ2n) is 2.30. The van der Waals surface area contributed by atoms with Gasteiger partial charge in [0.25, 0.3) is 0 Å². The van der Waals surface area contributed by atoms with Crippen molar-refractivity contribution in [3.05, 3.63) is 5.82 Å². The van der Waals surface area contributed by atoms with E-state index in [-0.39, 0.29) is 0 Å². The van der Waals surface area contributed by atoms with Gasteiger partial charge in [-0.3, -0.25) is 0 Å². The molecule has 0 aliphatic rings.